The van der Waals surface area contributed by atoms with E-state index in [2.05, 4.69) is 0 Å². The lowest BCUT2D eigenvalue weighted by Crippen LogP contribution is -2.47. The van der Waals surface area contributed by atoms with Crippen molar-refractivity contribution in [1.29, 1.82) is 0 Å². The minimum atomic E-state index is 0.211. The number of Topliss-reactive ketones (excluding diaryl/α,β-unsaturated/α-hetero) is 2. The lowest BCUT2D eigenvalue weighted by molar-refractivity contribution is -0.145. The molecule has 8 atom stereocenters. The molecule has 0 N–H and O–H groups in total. The predicted molar refractivity (Wildman–Crippen MR) is 42.6 cm³/mol. The number of fused-ring (bicyclic) bond motifs is 2. The number of carbonyl (C=O) groups is 2. The Kier molecular flexibility index (Phi) is 0.602. The van der Waals surface area contributed by atoms with Crippen LogP contribution in [-0.4, -0.2) is 11.6 Å². The number of hydrogen-bond acceptors (Lipinski definition) is 2. The van der Waals surface area contributed by atoms with Crippen LogP contribution < -0.4 is 0 Å². The fourth-order valence-corrected chi connectivity index (χ4v) is 5.80. The van der Waals surface area contributed by atoms with Gasteiger partial charge in [-0.15, -0.1) is 0 Å². The molecule has 0 radical (unpaired) electrons. The summed E-state index contributed by atoms with van der Waals surface area (Å²) < 4.78 is 0. The Morgan fingerprint density at radius 2 is 1.23 bits per heavy atom. The normalized spacial score (nSPS) is 74.2. The molecule has 0 aromatic rings. The van der Waals surface area contributed by atoms with Crippen molar-refractivity contribution in [3.8, 4) is 0 Å². The molecule has 0 spiro atoms. The molecule has 2 unspecified atom stereocenters. The first-order valence-electron chi connectivity index (χ1n) is 5.38. The van der Waals surface area contributed by atoms with Gasteiger partial charge in [0.1, 0.15) is 11.6 Å². The van der Waals surface area contributed by atoms with Gasteiger partial charge < -0.3 is 0 Å². The summed E-state index contributed by atoms with van der Waals surface area (Å²) in [5, 5.41) is 0. The molecular formula is C11H10O2. The lowest BCUT2D eigenvalue weighted by atomic mass is 9.59. The lowest BCUT2D eigenvalue weighted by Gasteiger charge is -2.42. The van der Waals surface area contributed by atoms with E-state index in [1.807, 2.05) is 0 Å². The maximum atomic E-state index is 11.9. The minimum absolute atomic E-state index is 0.211. The van der Waals surface area contributed by atoms with Crippen LogP contribution in [0, 0.1) is 47.3 Å². The van der Waals surface area contributed by atoms with Gasteiger partial charge in [-0.25, -0.2) is 0 Å². The van der Waals surface area contributed by atoms with Crippen molar-refractivity contribution in [2.75, 3.05) is 0 Å². The van der Waals surface area contributed by atoms with E-state index in [1.54, 1.807) is 0 Å². The topological polar surface area (TPSA) is 34.1 Å². The average molecular weight is 174 g/mol. The van der Waals surface area contributed by atoms with Crippen LogP contribution >= 0.6 is 0 Å². The molecule has 66 valence electrons. The summed E-state index contributed by atoms with van der Waals surface area (Å²) in [7, 11) is 0. The van der Waals surface area contributed by atoms with Crippen LogP contribution in [0.5, 0.6) is 0 Å². The highest BCUT2D eigenvalue weighted by Crippen LogP contribution is 2.80. The van der Waals surface area contributed by atoms with Crippen LogP contribution in [0.1, 0.15) is 6.42 Å². The van der Waals surface area contributed by atoms with Gasteiger partial charge in [0.25, 0.3) is 0 Å². The van der Waals surface area contributed by atoms with Gasteiger partial charge in [0.05, 0.1) is 0 Å². The molecule has 13 heavy (non-hydrogen) atoms. The molecule has 0 amide bonds. The molecule has 0 saturated heterocycles. The van der Waals surface area contributed by atoms with Crippen molar-refractivity contribution in [2.24, 2.45) is 47.3 Å². The van der Waals surface area contributed by atoms with E-state index in [9.17, 15) is 9.59 Å². The molecule has 0 heterocycles. The summed E-state index contributed by atoms with van der Waals surface area (Å²) in [6.45, 7) is 0. The SMILES string of the molecule is O=C1[C@@H]2[C@@H]3C(=O)[C@H]4C5C([C@H]2C[C@@H]53)[C@@H]14. The largest absolute Gasteiger partial charge is 0.299 e. The molecule has 5 rings (SSSR count). The fraction of sp³-hybridized carbons (Fsp3) is 0.818. The summed E-state index contributed by atoms with van der Waals surface area (Å²) in [6, 6.07) is 0. The molecule has 5 saturated carbocycles. The summed E-state index contributed by atoms with van der Waals surface area (Å²) >= 11 is 0. The van der Waals surface area contributed by atoms with Gasteiger partial charge in [-0.3, -0.25) is 9.59 Å². The van der Waals surface area contributed by atoms with Crippen LogP contribution in [-0.2, 0) is 9.59 Å². The van der Waals surface area contributed by atoms with E-state index in [-0.39, 0.29) is 23.7 Å². The molecule has 5 aliphatic rings. The first-order chi connectivity index (χ1) is 6.30. The number of ketones is 2. The van der Waals surface area contributed by atoms with Crippen molar-refractivity contribution in [3.63, 3.8) is 0 Å². The van der Waals surface area contributed by atoms with Gasteiger partial charge in [-0.05, 0) is 30.1 Å². The van der Waals surface area contributed by atoms with Crippen LogP contribution in [0.25, 0.3) is 0 Å². The maximum Gasteiger partial charge on any atom is 0.141 e. The van der Waals surface area contributed by atoms with Crippen molar-refractivity contribution in [2.45, 2.75) is 6.42 Å². The minimum Gasteiger partial charge on any atom is -0.299 e. The first kappa shape index (κ1) is 5.94. The van der Waals surface area contributed by atoms with E-state index in [1.165, 1.54) is 6.42 Å². The first-order valence-corrected chi connectivity index (χ1v) is 5.38. The molecule has 2 bridgehead atoms. The second kappa shape index (κ2) is 1.32. The third-order valence-corrected chi connectivity index (χ3v) is 5.82. The van der Waals surface area contributed by atoms with Crippen LogP contribution in [0.4, 0.5) is 0 Å². The van der Waals surface area contributed by atoms with Crippen molar-refractivity contribution >= 4 is 11.6 Å². The van der Waals surface area contributed by atoms with E-state index in [0.717, 1.165) is 0 Å². The van der Waals surface area contributed by atoms with E-state index < -0.39 is 0 Å². The molecule has 0 aliphatic heterocycles. The predicted octanol–water partition coefficient (Wildman–Crippen LogP) is 0.512. The zero-order valence-corrected chi connectivity index (χ0v) is 7.14. The van der Waals surface area contributed by atoms with Crippen molar-refractivity contribution < 1.29 is 9.59 Å². The van der Waals surface area contributed by atoms with Crippen LogP contribution in [0.3, 0.4) is 0 Å². The molecule has 2 heteroatoms. The standard InChI is InChI=1S/C11H10O2/c12-10-6-2-1-3-5-4(2)8(10)9(5)11(13)7(3)6/h2-9H,1H2/t2-,3+,4?,5?,6+,7-,8-,9+. The second-order valence-corrected chi connectivity index (χ2v) is 5.63. The highest BCUT2D eigenvalue weighted by atomic mass is 16.1. The van der Waals surface area contributed by atoms with Gasteiger partial charge in [0.2, 0.25) is 0 Å². The molecule has 0 aromatic carbocycles. The van der Waals surface area contributed by atoms with E-state index >= 15 is 0 Å². The zero-order valence-electron chi connectivity index (χ0n) is 7.14. The average Bonchev–Trinajstić information content (AvgIpc) is 2.52. The van der Waals surface area contributed by atoms with Crippen molar-refractivity contribution in [3.05, 3.63) is 0 Å². The summed E-state index contributed by atoms with van der Waals surface area (Å²) in [4.78, 5) is 23.8. The Morgan fingerprint density at radius 1 is 0.769 bits per heavy atom. The third kappa shape index (κ3) is 0.323. The third-order valence-electron chi connectivity index (χ3n) is 5.82. The van der Waals surface area contributed by atoms with Crippen molar-refractivity contribution in [1.82, 2.24) is 0 Å². The zero-order chi connectivity index (χ0) is 8.48. The van der Waals surface area contributed by atoms with E-state index in [4.69, 9.17) is 0 Å². The number of rotatable bonds is 0. The fourth-order valence-electron chi connectivity index (χ4n) is 5.80. The highest BCUT2D eigenvalue weighted by Gasteiger charge is 2.84. The van der Waals surface area contributed by atoms with Crippen LogP contribution in [0.2, 0.25) is 0 Å². The Labute approximate surface area is 75.7 Å². The second-order valence-electron chi connectivity index (χ2n) is 5.63. The monoisotopic (exact) mass is 174 g/mol. The molecular weight excluding hydrogens is 164 g/mol. The summed E-state index contributed by atoms with van der Waals surface area (Å²) in [6.07, 6.45) is 1.22. The molecule has 2 nitrogen and oxygen atoms in total. The molecule has 5 fully saturated rings. The van der Waals surface area contributed by atoms with Gasteiger partial charge in [0, 0.05) is 23.7 Å². The van der Waals surface area contributed by atoms with Gasteiger partial charge in [-0.1, -0.05) is 0 Å². The highest BCUT2D eigenvalue weighted by molar-refractivity contribution is 6.06. The Balaban J connectivity index is 1.92. The van der Waals surface area contributed by atoms with Gasteiger partial charge in [0.15, 0.2) is 0 Å². The molecule has 5 aliphatic carbocycles. The smallest absolute Gasteiger partial charge is 0.141 e. The summed E-state index contributed by atoms with van der Waals surface area (Å²) in [5.41, 5.74) is 0. The van der Waals surface area contributed by atoms with Gasteiger partial charge in [-0.2, -0.15) is 0 Å². The Bertz CT molecular complexity index is 346. The number of carbonyl (C=O) groups excluding carboxylic acids is 2. The quantitative estimate of drug-likeness (QED) is 0.536. The maximum absolute atomic E-state index is 11.9. The van der Waals surface area contributed by atoms with Crippen LogP contribution in [0.15, 0.2) is 0 Å². The van der Waals surface area contributed by atoms with E-state index in [0.29, 0.717) is 35.2 Å². The Morgan fingerprint density at radius 3 is 1.69 bits per heavy atom. The van der Waals surface area contributed by atoms with Gasteiger partial charge >= 0.3 is 0 Å². The Hall–Kier alpha value is -0.660. The molecule has 0 aromatic heterocycles. The number of hydrogen-bond donors (Lipinski definition) is 0. The summed E-state index contributed by atoms with van der Waals surface area (Å²) in [5.74, 6) is 4.49.